The summed E-state index contributed by atoms with van der Waals surface area (Å²) < 4.78 is 23.5. The first-order valence-electron chi connectivity index (χ1n) is 6.62. The minimum Gasteiger partial charge on any atom is -0.383 e. The molecule has 4 nitrogen and oxygen atoms in total. The van der Waals surface area contributed by atoms with Crippen molar-refractivity contribution >= 4 is 5.78 Å². The van der Waals surface area contributed by atoms with Crippen LogP contribution in [0.4, 0.5) is 4.39 Å². The van der Waals surface area contributed by atoms with Gasteiger partial charge in [0.05, 0.1) is 19.8 Å². The molecule has 0 saturated heterocycles. The van der Waals surface area contributed by atoms with Crippen molar-refractivity contribution in [3.05, 3.63) is 35.6 Å². The molecule has 0 unspecified atom stereocenters. The van der Waals surface area contributed by atoms with Gasteiger partial charge in [-0.25, -0.2) is 4.39 Å². The minimum absolute atomic E-state index is 0.0118. The lowest BCUT2D eigenvalue weighted by molar-refractivity contribution is -0.119. The molecule has 0 aliphatic heterocycles. The highest BCUT2D eigenvalue weighted by Gasteiger charge is 2.12. The number of methoxy groups -OCH3 is 2. The number of Topliss-reactive ketones (excluding diaryl/α,β-unsaturated/α-hetero) is 1. The average molecular weight is 283 g/mol. The molecule has 1 aromatic rings. The molecule has 0 fully saturated rings. The van der Waals surface area contributed by atoms with Gasteiger partial charge in [-0.1, -0.05) is 18.2 Å². The maximum atomic E-state index is 13.5. The summed E-state index contributed by atoms with van der Waals surface area (Å²) in [5.41, 5.74) is 0.441. The van der Waals surface area contributed by atoms with Gasteiger partial charge < -0.3 is 9.47 Å². The molecular formula is C15H22FNO3. The molecular weight excluding hydrogens is 261 g/mol. The first-order valence-corrected chi connectivity index (χ1v) is 6.62. The van der Waals surface area contributed by atoms with E-state index in [0.717, 1.165) is 0 Å². The van der Waals surface area contributed by atoms with E-state index in [0.29, 0.717) is 31.9 Å². The van der Waals surface area contributed by atoms with E-state index >= 15 is 0 Å². The van der Waals surface area contributed by atoms with Crippen LogP contribution in [0.5, 0.6) is 0 Å². The number of hydrogen-bond acceptors (Lipinski definition) is 4. The van der Waals surface area contributed by atoms with Gasteiger partial charge in [-0.05, 0) is 11.6 Å². The van der Waals surface area contributed by atoms with Gasteiger partial charge in [0.15, 0.2) is 5.78 Å². The number of nitrogens with zero attached hydrogens (tertiary/aromatic N) is 1. The molecule has 5 heteroatoms. The van der Waals surface area contributed by atoms with E-state index < -0.39 is 0 Å². The second-order valence-electron chi connectivity index (χ2n) is 4.57. The molecule has 0 heterocycles. The fourth-order valence-corrected chi connectivity index (χ4v) is 1.87. The third kappa shape index (κ3) is 6.23. The third-order valence-electron chi connectivity index (χ3n) is 2.97. The Hall–Kier alpha value is -1.30. The Morgan fingerprint density at radius 1 is 1.15 bits per heavy atom. The molecule has 0 aromatic heterocycles. The van der Waals surface area contributed by atoms with E-state index in [2.05, 4.69) is 0 Å². The van der Waals surface area contributed by atoms with Gasteiger partial charge in [0, 0.05) is 33.7 Å². The average Bonchev–Trinajstić information content (AvgIpc) is 2.44. The summed E-state index contributed by atoms with van der Waals surface area (Å²) in [5.74, 6) is -0.344. The van der Waals surface area contributed by atoms with Crippen LogP contribution in [0, 0.1) is 5.82 Å². The molecule has 0 N–H and O–H groups in total. The van der Waals surface area contributed by atoms with E-state index in [4.69, 9.17) is 9.47 Å². The first-order chi connectivity index (χ1) is 9.67. The zero-order chi connectivity index (χ0) is 14.8. The number of carbonyl (C=O) groups is 1. The van der Waals surface area contributed by atoms with Crippen LogP contribution in [0.1, 0.15) is 5.56 Å². The Morgan fingerprint density at radius 3 is 2.30 bits per heavy atom. The first kappa shape index (κ1) is 16.8. The van der Waals surface area contributed by atoms with Crippen LogP contribution in [-0.2, 0) is 20.7 Å². The number of ether oxygens (including phenoxy) is 2. The second-order valence-corrected chi connectivity index (χ2v) is 4.57. The number of hydrogen-bond donors (Lipinski definition) is 0. The zero-order valence-corrected chi connectivity index (χ0v) is 12.1. The lowest BCUT2D eigenvalue weighted by Crippen LogP contribution is -2.36. The van der Waals surface area contributed by atoms with Gasteiger partial charge in [-0.3, -0.25) is 9.69 Å². The fraction of sp³-hybridized carbons (Fsp3) is 0.533. The molecule has 0 amide bonds. The Labute approximate surface area is 119 Å². The third-order valence-corrected chi connectivity index (χ3v) is 2.97. The van der Waals surface area contributed by atoms with E-state index in [1.54, 1.807) is 32.4 Å². The maximum Gasteiger partial charge on any atom is 0.151 e. The summed E-state index contributed by atoms with van der Waals surface area (Å²) in [5, 5.41) is 0. The largest absolute Gasteiger partial charge is 0.383 e. The van der Waals surface area contributed by atoms with Crippen molar-refractivity contribution in [1.29, 1.82) is 0 Å². The summed E-state index contributed by atoms with van der Waals surface area (Å²) >= 11 is 0. The Bertz CT molecular complexity index is 404. The van der Waals surface area contributed by atoms with E-state index in [1.165, 1.54) is 6.07 Å². The fourth-order valence-electron chi connectivity index (χ4n) is 1.87. The molecule has 0 atom stereocenters. The molecule has 0 aliphatic carbocycles. The van der Waals surface area contributed by atoms with Crippen molar-refractivity contribution in [3.8, 4) is 0 Å². The second kappa shape index (κ2) is 9.58. The smallest absolute Gasteiger partial charge is 0.151 e. The molecule has 0 bridgehead atoms. The van der Waals surface area contributed by atoms with Gasteiger partial charge in [0.25, 0.3) is 0 Å². The highest BCUT2D eigenvalue weighted by atomic mass is 19.1. The molecule has 0 spiro atoms. The summed E-state index contributed by atoms with van der Waals surface area (Å²) in [6.07, 6.45) is 0.114. The highest BCUT2D eigenvalue weighted by molar-refractivity contribution is 5.82. The molecule has 1 rings (SSSR count). The van der Waals surface area contributed by atoms with Crippen molar-refractivity contribution in [3.63, 3.8) is 0 Å². The summed E-state index contributed by atoms with van der Waals surface area (Å²) in [6, 6.07) is 6.37. The van der Waals surface area contributed by atoms with Crippen LogP contribution in [0.2, 0.25) is 0 Å². The Morgan fingerprint density at radius 2 is 1.75 bits per heavy atom. The van der Waals surface area contributed by atoms with Gasteiger partial charge in [-0.15, -0.1) is 0 Å². The lowest BCUT2D eigenvalue weighted by Gasteiger charge is -2.20. The van der Waals surface area contributed by atoms with E-state index in [1.807, 2.05) is 4.90 Å². The van der Waals surface area contributed by atoms with Crippen LogP contribution in [0.3, 0.4) is 0 Å². The van der Waals surface area contributed by atoms with Crippen LogP contribution in [-0.4, -0.2) is 57.8 Å². The van der Waals surface area contributed by atoms with Crippen LogP contribution in [0.15, 0.2) is 24.3 Å². The number of carbonyl (C=O) groups excluding carboxylic acids is 1. The van der Waals surface area contributed by atoms with Crippen molar-refractivity contribution < 1.29 is 18.7 Å². The zero-order valence-electron chi connectivity index (χ0n) is 12.1. The molecule has 20 heavy (non-hydrogen) atoms. The standard InChI is InChI=1S/C15H22FNO3/c1-19-9-7-17(8-10-20-2)12-14(18)11-13-5-3-4-6-15(13)16/h3-6H,7-12H2,1-2H3. The quantitative estimate of drug-likeness (QED) is 0.653. The Kier molecular flexibility index (Phi) is 8.02. The normalized spacial score (nSPS) is 11.0. The SMILES string of the molecule is COCCN(CCOC)CC(=O)Cc1ccccc1F. The van der Waals surface area contributed by atoms with Crippen molar-refractivity contribution in [1.82, 2.24) is 4.90 Å². The number of benzene rings is 1. The molecule has 1 aromatic carbocycles. The molecule has 0 radical (unpaired) electrons. The van der Waals surface area contributed by atoms with E-state index in [9.17, 15) is 9.18 Å². The van der Waals surface area contributed by atoms with E-state index in [-0.39, 0.29) is 24.6 Å². The highest BCUT2D eigenvalue weighted by Crippen LogP contribution is 2.07. The topological polar surface area (TPSA) is 38.8 Å². The molecule has 0 saturated carbocycles. The monoisotopic (exact) mass is 283 g/mol. The predicted octanol–water partition coefficient (Wildman–Crippen LogP) is 1.53. The van der Waals surface area contributed by atoms with Crippen molar-refractivity contribution in [2.24, 2.45) is 0 Å². The van der Waals surface area contributed by atoms with Crippen LogP contribution < -0.4 is 0 Å². The minimum atomic E-state index is -0.332. The molecule has 0 aliphatic rings. The molecule has 112 valence electrons. The van der Waals surface area contributed by atoms with Gasteiger partial charge in [-0.2, -0.15) is 0 Å². The van der Waals surface area contributed by atoms with Gasteiger partial charge in [0.1, 0.15) is 5.82 Å². The van der Waals surface area contributed by atoms with Crippen LogP contribution in [0.25, 0.3) is 0 Å². The van der Waals surface area contributed by atoms with Crippen LogP contribution >= 0.6 is 0 Å². The lowest BCUT2D eigenvalue weighted by atomic mass is 10.1. The van der Waals surface area contributed by atoms with Crippen molar-refractivity contribution in [2.45, 2.75) is 6.42 Å². The summed E-state index contributed by atoms with van der Waals surface area (Å²) in [4.78, 5) is 14.0. The summed E-state index contributed by atoms with van der Waals surface area (Å²) in [7, 11) is 3.24. The predicted molar refractivity (Wildman–Crippen MR) is 75.3 cm³/mol. The maximum absolute atomic E-state index is 13.5. The summed E-state index contributed by atoms with van der Waals surface area (Å²) in [6.45, 7) is 2.69. The Balaban J connectivity index is 2.50. The number of halogens is 1. The van der Waals surface area contributed by atoms with Crippen molar-refractivity contribution in [2.75, 3.05) is 47.1 Å². The van der Waals surface area contributed by atoms with Gasteiger partial charge in [0.2, 0.25) is 0 Å². The number of rotatable bonds is 10. The van der Waals surface area contributed by atoms with Gasteiger partial charge >= 0.3 is 0 Å². The number of ketones is 1.